The average molecular weight is 378 g/mol. The molecule has 0 aliphatic carbocycles. The van der Waals surface area contributed by atoms with Gasteiger partial charge in [0.25, 0.3) is 0 Å². The molecule has 2 aromatic heterocycles. The highest BCUT2D eigenvalue weighted by molar-refractivity contribution is 7.98. The summed E-state index contributed by atoms with van der Waals surface area (Å²) in [5, 5.41) is 9.03. The predicted octanol–water partition coefficient (Wildman–Crippen LogP) is 5.35. The van der Waals surface area contributed by atoms with Gasteiger partial charge in [0.15, 0.2) is 10.8 Å². The van der Waals surface area contributed by atoms with Crippen LogP contribution in [-0.2, 0) is 11.9 Å². The lowest BCUT2D eigenvalue weighted by molar-refractivity contribution is -0.137. The average Bonchev–Trinajstić information content (AvgIpc) is 2.90. The van der Waals surface area contributed by atoms with E-state index in [4.69, 9.17) is 23.2 Å². The first kappa shape index (κ1) is 16.4. The van der Waals surface area contributed by atoms with Crippen LogP contribution in [0.3, 0.4) is 0 Å². The van der Waals surface area contributed by atoms with Crippen molar-refractivity contribution in [2.75, 3.05) is 0 Å². The third-order valence-corrected chi connectivity index (χ3v) is 4.80. The third kappa shape index (κ3) is 3.57. The quantitative estimate of drug-likeness (QED) is 0.576. The fraction of sp³-hybridized carbons (Fsp3) is 0.143. The minimum atomic E-state index is -4.41. The Morgan fingerprint density at radius 1 is 1.04 bits per heavy atom. The normalized spacial score (nSPS) is 12.0. The summed E-state index contributed by atoms with van der Waals surface area (Å²) in [6.07, 6.45) is -3.42. The highest BCUT2D eigenvalue weighted by Gasteiger charge is 2.31. The molecule has 0 fully saturated rings. The Morgan fingerprint density at radius 2 is 1.83 bits per heavy atom. The second-order valence-electron chi connectivity index (χ2n) is 4.66. The molecule has 0 N–H and O–H groups in total. The maximum atomic E-state index is 12.8. The lowest BCUT2D eigenvalue weighted by Crippen LogP contribution is -2.06. The van der Waals surface area contributed by atoms with Gasteiger partial charge in [0.1, 0.15) is 0 Å². The van der Waals surface area contributed by atoms with Gasteiger partial charge in [0, 0.05) is 11.9 Å². The molecule has 0 spiro atoms. The molecule has 0 amide bonds. The molecule has 120 valence electrons. The van der Waals surface area contributed by atoms with E-state index in [9.17, 15) is 13.2 Å². The van der Waals surface area contributed by atoms with Gasteiger partial charge >= 0.3 is 6.18 Å². The SMILES string of the molecule is FC(F)(F)c1ccc2nnc(SCc3ccc(Cl)c(Cl)c3)n2c1. The van der Waals surface area contributed by atoms with Gasteiger partial charge in [-0.25, -0.2) is 0 Å². The number of nitrogens with zero attached hydrogens (tertiary/aromatic N) is 3. The Hall–Kier alpha value is -1.44. The fourth-order valence-electron chi connectivity index (χ4n) is 1.91. The monoisotopic (exact) mass is 377 g/mol. The van der Waals surface area contributed by atoms with E-state index < -0.39 is 11.7 Å². The number of thioether (sulfide) groups is 1. The van der Waals surface area contributed by atoms with E-state index in [0.717, 1.165) is 17.8 Å². The molecule has 1 aromatic carbocycles. The number of hydrogen-bond acceptors (Lipinski definition) is 3. The summed E-state index contributed by atoms with van der Waals surface area (Å²) in [4.78, 5) is 0. The number of halogens is 5. The Kier molecular flexibility index (Phi) is 4.44. The summed E-state index contributed by atoms with van der Waals surface area (Å²) >= 11 is 13.1. The number of pyridine rings is 1. The van der Waals surface area contributed by atoms with Crippen molar-refractivity contribution in [3.05, 3.63) is 57.7 Å². The van der Waals surface area contributed by atoms with Gasteiger partial charge in [-0.1, -0.05) is 41.0 Å². The van der Waals surface area contributed by atoms with Crippen molar-refractivity contribution in [1.29, 1.82) is 0 Å². The smallest absolute Gasteiger partial charge is 0.277 e. The zero-order chi connectivity index (χ0) is 16.6. The first-order chi connectivity index (χ1) is 10.8. The number of aromatic nitrogens is 3. The number of benzene rings is 1. The number of rotatable bonds is 3. The molecule has 0 saturated carbocycles. The van der Waals surface area contributed by atoms with E-state index in [1.165, 1.54) is 22.2 Å². The van der Waals surface area contributed by atoms with Gasteiger partial charge in [0.2, 0.25) is 0 Å². The molecule has 0 aliphatic rings. The maximum Gasteiger partial charge on any atom is 0.417 e. The van der Waals surface area contributed by atoms with Crippen LogP contribution < -0.4 is 0 Å². The van der Waals surface area contributed by atoms with Crippen LogP contribution in [0.25, 0.3) is 5.65 Å². The number of hydrogen-bond donors (Lipinski definition) is 0. The lowest BCUT2D eigenvalue weighted by atomic mass is 10.2. The van der Waals surface area contributed by atoms with Crippen LogP contribution in [0.5, 0.6) is 0 Å². The second kappa shape index (κ2) is 6.22. The molecule has 23 heavy (non-hydrogen) atoms. The standard InChI is InChI=1S/C14H8Cl2F3N3S/c15-10-3-1-8(5-11(10)16)7-23-13-21-20-12-4-2-9(6-22(12)13)14(17,18)19/h1-6H,7H2. The summed E-state index contributed by atoms with van der Waals surface area (Å²) < 4.78 is 39.7. The molecule has 0 aliphatic heterocycles. The van der Waals surface area contributed by atoms with Crippen LogP contribution in [0.1, 0.15) is 11.1 Å². The van der Waals surface area contributed by atoms with Crippen LogP contribution >= 0.6 is 35.0 Å². The molecule has 0 radical (unpaired) electrons. The predicted molar refractivity (Wildman–Crippen MR) is 84.0 cm³/mol. The van der Waals surface area contributed by atoms with Crippen molar-refractivity contribution in [3.63, 3.8) is 0 Å². The van der Waals surface area contributed by atoms with Crippen LogP contribution in [0.15, 0.2) is 41.7 Å². The van der Waals surface area contributed by atoms with E-state index in [0.29, 0.717) is 26.6 Å². The van der Waals surface area contributed by atoms with E-state index in [1.807, 2.05) is 0 Å². The van der Waals surface area contributed by atoms with Crippen molar-refractivity contribution in [2.45, 2.75) is 17.1 Å². The molecular formula is C14H8Cl2F3N3S. The van der Waals surface area contributed by atoms with Gasteiger partial charge < -0.3 is 0 Å². The van der Waals surface area contributed by atoms with Gasteiger partial charge in [-0.15, -0.1) is 10.2 Å². The Labute approximate surface area is 143 Å². The number of fused-ring (bicyclic) bond motifs is 1. The number of alkyl halides is 3. The molecule has 0 atom stereocenters. The van der Waals surface area contributed by atoms with Crippen molar-refractivity contribution in [3.8, 4) is 0 Å². The van der Waals surface area contributed by atoms with Crippen molar-refractivity contribution in [1.82, 2.24) is 14.6 Å². The van der Waals surface area contributed by atoms with Crippen molar-refractivity contribution >= 4 is 40.6 Å². The van der Waals surface area contributed by atoms with Gasteiger partial charge in [0.05, 0.1) is 15.6 Å². The molecule has 3 aromatic rings. The zero-order valence-electron chi connectivity index (χ0n) is 11.3. The largest absolute Gasteiger partial charge is 0.417 e. The molecule has 9 heteroatoms. The Morgan fingerprint density at radius 3 is 2.52 bits per heavy atom. The minimum absolute atomic E-state index is 0.356. The van der Waals surface area contributed by atoms with Gasteiger partial charge in [-0.05, 0) is 29.8 Å². The fourth-order valence-corrected chi connectivity index (χ4v) is 3.09. The minimum Gasteiger partial charge on any atom is -0.277 e. The van der Waals surface area contributed by atoms with Crippen LogP contribution in [0, 0.1) is 0 Å². The lowest BCUT2D eigenvalue weighted by Gasteiger charge is -2.07. The van der Waals surface area contributed by atoms with Crippen LogP contribution in [-0.4, -0.2) is 14.6 Å². The molecule has 3 rings (SSSR count). The molecule has 3 nitrogen and oxygen atoms in total. The molecule has 0 saturated heterocycles. The topological polar surface area (TPSA) is 30.2 Å². The van der Waals surface area contributed by atoms with Gasteiger partial charge in [-0.3, -0.25) is 4.40 Å². The summed E-state index contributed by atoms with van der Waals surface area (Å²) in [7, 11) is 0. The third-order valence-electron chi connectivity index (χ3n) is 3.05. The summed E-state index contributed by atoms with van der Waals surface area (Å²) in [5.74, 6) is 0.480. The molecular weight excluding hydrogens is 370 g/mol. The van der Waals surface area contributed by atoms with Crippen molar-refractivity contribution < 1.29 is 13.2 Å². The summed E-state index contributed by atoms with van der Waals surface area (Å²) in [6.45, 7) is 0. The summed E-state index contributed by atoms with van der Waals surface area (Å²) in [6, 6.07) is 7.45. The van der Waals surface area contributed by atoms with Gasteiger partial charge in [-0.2, -0.15) is 13.2 Å². The second-order valence-corrected chi connectivity index (χ2v) is 6.42. The molecule has 2 heterocycles. The van der Waals surface area contributed by atoms with Crippen LogP contribution in [0.4, 0.5) is 13.2 Å². The Bertz CT molecular complexity index is 864. The maximum absolute atomic E-state index is 12.8. The zero-order valence-corrected chi connectivity index (χ0v) is 13.6. The first-order valence-electron chi connectivity index (χ1n) is 6.33. The summed E-state index contributed by atoms with van der Waals surface area (Å²) in [5.41, 5.74) is 0.490. The first-order valence-corrected chi connectivity index (χ1v) is 8.07. The molecule has 0 bridgehead atoms. The van der Waals surface area contributed by atoms with E-state index in [1.54, 1.807) is 18.2 Å². The Balaban J connectivity index is 1.86. The molecule has 0 unspecified atom stereocenters. The van der Waals surface area contributed by atoms with Crippen LogP contribution in [0.2, 0.25) is 10.0 Å². The van der Waals surface area contributed by atoms with E-state index in [-0.39, 0.29) is 0 Å². The van der Waals surface area contributed by atoms with E-state index >= 15 is 0 Å². The highest BCUT2D eigenvalue weighted by Crippen LogP contribution is 2.31. The van der Waals surface area contributed by atoms with Crippen molar-refractivity contribution in [2.24, 2.45) is 0 Å². The van der Waals surface area contributed by atoms with E-state index in [2.05, 4.69) is 10.2 Å². The highest BCUT2D eigenvalue weighted by atomic mass is 35.5.